The Hall–Kier alpha value is -0.330. The number of halogens is 2. The summed E-state index contributed by atoms with van der Waals surface area (Å²) in [5.74, 6) is 0. The monoisotopic (exact) mass is 352 g/mol. The Kier molecular flexibility index (Phi) is 6.50. The molecular weight excluding hydrogens is 331 g/mol. The summed E-state index contributed by atoms with van der Waals surface area (Å²) in [6.45, 7) is 6.19. The van der Waals surface area contributed by atoms with Crippen LogP contribution in [0.5, 0.6) is 0 Å². The Morgan fingerprint density at radius 1 is 1.29 bits per heavy atom. The second-order valence-corrected chi connectivity index (χ2v) is 8.36. The maximum Gasteiger partial charge on any atom is 0.209 e. The van der Waals surface area contributed by atoms with Crippen LogP contribution in [-0.4, -0.2) is 26.8 Å². The number of hydrogen-bond acceptors (Lipinski definition) is 3. The van der Waals surface area contributed by atoms with Gasteiger partial charge in [-0.05, 0) is 38.0 Å². The summed E-state index contributed by atoms with van der Waals surface area (Å²) in [6.07, 6.45) is 1.98. The van der Waals surface area contributed by atoms with Crippen molar-refractivity contribution < 1.29 is 8.42 Å². The van der Waals surface area contributed by atoms with Gasteiger partial charge < -0.3 is 5.32 Å². The van der Waals surface area contributed by atoms with Crippen LogP contribution in [0, 0.1) is 0 Å². The van der Waals surface area contributed by atoms with Gasteiger partial charge in [-0.3, -0.25) is 0 Å². The van der Waals surface area contributed by atoms with Crippen molar-refractivity contribution in [3.05, 3.63) is 33.8 Å². The van der Waals surface area contributed by atoms with Gasteiger partial charge in [0.2, 0.25) is 10.0 Å². The van der Waals surface area contributed by atoms with E-state index in [9.17, 15) is 8.42 Å². The summed E-state index contributed by atoms with van der Waals surface area (Å²) in [6, 6.07) is 5.44. The fourth-order valence-corrected chi connectivity index (χ4v) is 3.79. The number of sulfonamides is 1. The number of benzene rings is 1. The molecule has 1 rings (SSSR count). The summed E-state index contributed by atoms with van der Waals surface area (Å²) in [5, 5.41) is 4.56. The van der Waals surface area contributed by atoms with Gasteiger partial charge in [-0.2, -0.15) is 0 Å². The fraction of sp³-hybridized carbons (Fsp3) is 0.571. The van der Waals surface area contributed by atoms with Gasteiger partial charge in [-0.1, -0.05) is 36.2 Å². The molecule has 1 atom stereocenters. The smallest absolute Gasteiger partial charge is 0.209 e. The zero-order chi connectivity index (χ0) is 16.3. The van der Waals surface area contributed by atoms with Crippen molar-refractivity contribution in [2.24, 2.45) is 0 Å². The van der Waals surface area contributed by atoms with Gasteiger partial charge >= 0.3 is 0 Å². The SMILES string of the molecule is CCC(NCC(C)(C)NS(C)(=O)=O)c1ccc(Cl)cc1Cl. The zero-order valence-corrected chi connectivity index (χ0v) is 15.0. The molecule has 0 aromatic heterocycles. The molecule has 1 unspecified atom stereocenters. The molecule has 0 saturated carbocycles. The molecule has 21 heavy (non-hydrogen) atoms. The summed E-state index contributed by atoms with van der Waals surface area (Å²) < 4.78 is 25.3. The van der Waals surface area contributed by atoms with E-state index in [0.29, 0.717) is 16.6 Å². The highest BCUT2D eigenvalue weighted by Gasteiger charge is 2.23. The quantitative estimate of drug-likeness (QED) is 0.790. The molecule has 0 amide bonds. The number of hydrogen-bond donors (Lipinski definition) is 2. The van der Waals surface area contributed by atoms with Crippen LogP contribution >= 0.6 is 23.2 Å². The topological polar surface area (TPSA) is 58.2 Å². The molecule has 7 heteroatoms. The fourth-order valence-electron chi connectivity index (χ4n) is 2.17. The minimum atomic E-state index is -3.25. The Bertz CT molecular complexity index is 589. The third-order valence-electron chi connectivity index (χ3n) is 3.00. The lowest BCUT2D eigenvalue weighted by Crippen LogP contribution is -2.50. The molecule has 120 valence electrons. The largest absolute Gasteiger partial charge is 0.308 e. The van der Waals surface area contributed by atoms with E-state index in [1.807, 2.05) is 26.8 Å². The molecule has 0 saturated heterocycles. The summed E-state index contributed by atoms with van der Waals surface area (Å²) in [5.41, 5.74) is 0.374. The van der Waals surface area contributed by atoms with Crippen molar-refractivity contribution in [2.45, 2.75) is 38.8 Å². The van der Waals surface area contributed by atoms with Crippen LogP contribution in [-0.2, 0) is 10.0 Å². The second kappa shape index (κ2) is 7.29. The van der Waals surface area contributed by atoms with Crippen LogP contribution in [0.15, 0.2) is 18.2 Å². The van der Waals surface area contributed by atoms with Gasteiger partial charge in [0.05, 0.1) is 6.26 Å². The van der Waals surface area contributed by atoms with Gasteiger partial charge in [0.25, 0.3) is 0 Å². The second-order valence-electron chi connectivity index (χ2n) is 5.77. The molecule has 0 spiro atoms. The maximum absolute atomic E-state index is 11.3. The van der Waals surface area contributed by atoms with Gasteiger partial charge in [0, 0.05) is 28.2 Å². The van der Waals surface area contributed by atoms with E-state index < -0.39 is 15.6 Å². The first kappa shape index (κ1) is 18.7. The molecule has 0 heterocycles. The molecule has 4 nitrogen and oxygen atoms in total. The molecular formula is C14H22Cl2N2O2S. The standard InChI is InChI=1S/C14H22Cl2N2O2S/c1-5-13(11-7-6-10(15)8-12(11)16)17-9-14(2,3)18-21(4,19)20/h6-8,13,17-18H,5,9H2,1-4H3. The summed E-state index contributed by atoms with van der Waals surface area (Å²) in [4.78, 5) is 0. The number of rotatable bonds is 7. The first-order chi connectivity index (χ1) is 9.54. The normalized spacial score (nSPS) is 14.2. The van der Waals surface area contributed by atoms with Crippen LogP contribution in [0.4, 0.5) is 0 Å². The lowest BCUT2D eigenvalue weighted by atomic mass is 10.0. The number of nitrogens with one attached hydrogen (secondary N) is 2. The highest BCUT2D eigenvalue weighted by Crippen LogP contribution is 2.28. The zero-order valence-electron chi connectivity index (χ0n) is 12.7. The Balaban J connectivity index is 2.79. The third-order valence-corrected chi connectivity index (χ3v) is 4.48. The van der Waals surface area contributed by atoms with E-state index in [2.05, 4.69) is 10.0 Å². The van der Waals surface area contributed by atoms with Gasteiger partial charge in [-0.15, -0.1) is 0 Å². The van der Waals surface area contributed by atoms with Gasteiger partial charge in [0.15, 0.2) is 0 Å². The molecule has 0 aliphatic rings. The lowest BCUT2D eigenvalue weighted by Gasteiger charge is -2.29. The van der Waals surface area contributed by atoms with Crippen molar-refractivity contribution in [1.82, 2.24) is 10.0 Å². The molecule has 0 aliphatic heterocycles. The highest BCUT2D eigenvalue weighted by atomic mass is 35.5. The first-order valence-electron chi connectivity index (χ1n) is 6.71. The van der Waals surface area contributed by atoms with Crippen LogP contribution in [0.3, 0.4) is 0 Å². The van der Waals surface area contributed by atoms with E-state index in [0.717, 1.165) is 18.2 Å². The van der Waals surface area contributed by atoms with Crippen molar-refractivity contribution in [3.8, 4) is 0 Å². The van der Waals surface area contributed by atoms with E-state index in [4.69, 9.17) is 23.2 Å². The average molecular weight is 353 g/mol. The predicted molar refractivity (Wildman–Crippen MR) is 89.6 cm³/mol. The molecule has 0 fully saturated rings. The van der Waals surface area contributed by atoms with Crippen LogP contribution in [0.2, 0.25) is 10.0 Å². The van der Waals surface area contributed by atoms with Crippen molar-refractivity contribution >= 4 is 33.2 Å². The molecule has 1 aromatic carbocycles. The van der Waals surface area contributed by atoms with E-state index >= 15 is 0 Å². The Labute approximate surface area is 137 Å². The van der Waals surface area contributed by atoms with E-state index in [-0.39, 0.29) is 6.04 Å². The predicted octanol–water partition coefficient (Wildman–Crippen LogP) is 3.36. The van der Waals surface area contributed by atoms with E-state index in [1.54, 1.807) is 12.1 Å². The minimum Gasteiger partial charge on any atom is -0.308 e. The first-order valence-corrected chi connectivity index (χ1v) is 9.36. The lowest BCUT2D eigenvalue weighted by molar-refractivity contribution is 0.386. The average Bonchev–Trinajstić information content (AvgIpc) is 2.28. The summed E-state index contributed by atoms with van der Waals surface area (Å²) in [7, 11) is -3.25. The van der Waals surface area contributed by atoms with E-state index in [1.165, 1.54) is 0 Å². The van der Waals surface area contributed by atoms with Crippen molar-refractivity contribution in [1.29, 1.82) is 0 Å². The third kappa shape index (κ3) is 6.53. The van der Waals surface area contributed by atoms with Crippen LogP contribution in [0.25, 0.3) is 0 Å². The van der Waals surface area contributed by atoms with Gasteiger partial charge in [0.1, 0.15) is 0 Å². The van der Waals surface area contributed by atoms with Gasteiger partial charge in [-0.25, -0.2) is 13.1 Å². The molecule has 0 radical (unpaired) electrons. The highest BCUT2D eigenvalue weighted by molar-refractivity contribution is 7.88. The maximum atomic E-state index is 11.3. The molecule has 0 aliphatic carbocycles. The molecule has 1 aromatic rings. The van der Waals surface area contributed by atoms with Crippen molar-refractivity contribution in [3.63, 3.8) is 0 Å². The van der Waals surface area contributed by atoms with Crippen LogP contribution < -0.4 is 10.0 Å². The molecule has 2 N–H and O–H groups in total. The van der Waals surface area contributed by atoms with Crippen LogP contribution in [0.1, 0.15) is 38.8 Å². The summed E-state index contributed by atoms with van der Waals surface area (Å²) >= 11 is 12.1. The Morgan fingerprint density at radius 3 is 2.38 bits per heavy atom. The Morgan fingerprint density at radius 2 is 1.90 bits per heavy atom. The van der Waals surface area contributed by atoms with Crippen molar-refractivity contribution in [2.75, 3.05) is 12.8 Å². The minimum absolute atomic E-state index is 0.0374. The molecule has 0 bridgehead atoms.